The summed E-state index contributed by atoms with van der Waals surface area (Å²) in [6, 6.07) is 8.63. The number of aromatic nitrogens is 2. The minimum atomic E-state index is -0.330. The van der Waals surface area contributed by atoms with Crippen LogP contribution >= 0.6 is 12.4 Å². The largest absolute Gasteiger partial charge is 0.334 e. The van der Waals surface area contributed by atoms with Gasteiger partial charge >= 0.3 is 0 Å². The number of amides is 1. The second-order valence-corrected chi connectivity index (χ2v) is 8.02. The Morgan fingerprint density at radius 3 is 2.85 bits per heavy atom. The first-order valence-corrected chi connectivity index (χ1v) is 9.41. The summed E-state index contributed by atoms with van der Waals surface area (Å²) in [5.74, 6) is 0.799. The summed E-state index contributed by atoms with van der Waals surface area (Å²) in [4.78, 5) is 15.6. The summed E-state index contributed by atoms with van der Waals surface area (Å²) < 4.78 is 15.7. The lowest BCUT2D eigenvalue weighted by Gasteiger charge is -2.31. The summed E-state index contributed by atoms with van der Waals surface area (Å²) in [7, 11) is 0. The van der Waals surface area contributed by atoms with Gasteiger partial charge in [0.2, 0.25) is 5.91 Å². The van der Waals surface area contributed by atoms with Crippen LogP contribution in [0.5, 0.6) is 0 Å². The van der Waals surface area contributed by atoms with Gasteiger partial charge in [-0.15, -0.1) is 12.4 Å². The van der Waals surface area contributed by atoms with E-state index < -0.39 is 0 Å². The average Bonchev–Trinajstić information content (AvgIpc) is 2.99. The van der Waals surface area contributed by atoms with Gasteiger partial charge in [-0.25, -0.2) is 4.39 Å². The predicted molar refractivity (Wildman–Crippen MR) is 102 cm³/mol. The fourth-order valence-corrected chi connectivity index (χ4v) is 4.85. The minimum Gasteiger partial charge on any atom is -0.334 e. The zero-order chi connectivity index (χ0) is 17.7. The first kappa shape index (κ1) is 18.4. The van der Waals surface area contributed by atoms with Gasteiger partial charge in [0.25, 0.3) is 0 Å². The van der Waals surface area contributed by atoms with Crippen LogP contribution in [0.2, 0.25) is 0 Å². The van der Waals surface area contributed by atoms with E-state index in [0.29, 0.717) is 18.4 Å². The predicted octanol–water partition coefficient (Wildman–Crippen LogP) is 2.64. The normalized spacial score (nSPS) is 27.9. The summed E-state index contributed by atoms with van der Waals surface area (Å²) >= 11 is 0. The van der Waals surface area contributed by atoms with Gasteiger partial charge in [0.1, 0.15) is 5.82 Å². The minimum absolute atomic E-state index is 0. The summed E-state index contributed by atoms with van der Waals surface area (Å²) in [6.45, 7) is 3.23. The zero-order valence-corrected chi connectivity index (χ0v) is 15.9. The van der Waals surface area contributed by atoms with Crippen molar-refractivity contribution in [3.63, 3.8) is 0 Å². The number of halogens is 2. The Balaban J connectivity index is 0.00000180. The lowest BCUT2D eigenvalue weighted by atomic mass is 9.89. The maximum Gasteiger partial charge on any atom is 0.231 e. The van der Waals surface area contributed by atoms with Crippen molar-refractivity contribution in [1.82, 2.24) is 20.0 Å². The molecule has 2 saturated heterocycles. The molecule has 3 atom stereocenters. The first-order chi connectivity index (χ1) is 12.7. The number of rotatable bonds is 4. The van der Waals surface area contributed by atoms with Crippen LogP contribution in [0.15, 0.2) is 42.7 Å². The van der Waals surface area contributed by atoms with Crippen molar-refractivity contribution < 1.29 is 9.18 Å². The molecular formula is C20H24ClFN4O. The fraction of sp³-hybridized carbons (Fsp3) is 0.500. The summed E-state index contributed by atoms with van der Waals surface area (Å²) in [5, 5.41) is 7.73. The van der Waals surface area contributed by atoms with E-state index in [2.05, 4.69) is 10.4 Å². The van der Waals surface area contributed by atoms with Crippen LogP contribution in [-0.2, 0) is 11.3 Å². The molecule has 0 spiro atoms. The van der Waals surface area contributed by atoms with E-state index in [-0.39, 0.29) is 35.6 Å². The highest BCUT2D eigenvalue weighted by molar-refractivity contribution is 5.86. The third-order valence-corrected chi connectivity index (χ3v) is 6.35. The van der Waals surface area contributed by atoms with Gasteiger partial charge < -0.3 is 10.2 Å². The van der Waals surface area contributed by atoms with Crippen molar-refractivity contribution >= 4 is 18.3 Å². The quantitative estimate of drug-likeness (QED) is 0.873. The number of nitrogens with one attached hydrogen (secondary N) is 1. The number of hydrogen-bond acceptors (Lipinski definition) is 3. The van der Waals surface area contributed by atoms with Gasteiger partial charge in [0.15, 0.2) is 0 Å². The number of fused-ring (bicyclic) bond motifs is 1. The molecule has 3 fully saturated rings. The number of nitrogens with zero attached hydrogens (tertiary/aromatic N) is 3. The van der Waals surface area contributed by atoms with Crippen molar-refractivity contribution in [3.05, 3.63) is 54.1 Å². The Labute approximate surface area is 164 Å². The monoisotopic (exact) mass is 390 g/mol. The van der Waals surface area contributed by atoms with E-state index in [1.165, 1.54) is 6.07 Å². The molecule has 27 heavy (non-hydrogen) atoms. The Kier molecular flexibility index (Phi) is 4.72. The molecule has 2 aromatic rings. The highest BCUT2D eigenvalue weighted by Crippen LogP contribution is 2.52. The van der Waals surface area contributed by atoms with Crippen LogP contribution in [0.4, 0.5) is 4.39 Å². The van der Waals surface area contributed by atoms with E-state index in [0.717, 1.165) is 38.0 Å². The molecular weight excluding hydrogens is 367 g/mol. The van der Waals surface area contributed by atoms with Gasteiger partial charge in [-0.05, 0) is 42.5 Å². The van der Waals surface area contributed by atoms with E-state index in [1.807, 2.05) is 27.9 Å². The number of likely N-dealkylation sites (tertiary alicyclic amines) is 1. The molecule has 0 radical (unpaired) electrons. The lowest BCUT2D eigenvalue weighted by molar-refractivity contribution is -0.139. The van der Waals surface area contributed by atoms with Crippen molar-refractivity contribution in [2.45, 2.75) is 25.4 Å². The van der Waals surface area contributed by atoms with E-state index >= 15 is 0 Å². The van der Waals surface area contributed by atoms with Gasteiger partial charge in [0, 0.05) is 37.9 Å². The molecule has 1 amide bonds. The standard InChI is InChI=1S/C20H23FN4O.ClH/c21-16-4-1-3-14(9-16)18-17-11-22-10-15(17)12-25(18)19(26)20(5-6-20)13-24-8-2-7-23-24;/h1-4,7-9,15,17-18,22H,5-6,10-13H2;1H/t15-,17-,18+;/m0./s1. The molecule has 2 aliphatic heterocycles. The van der Waals surface area contributed by atoms with E-state index in [9.17, 15) is 9.18 Å². The second-order valence-electron chi connectivity index (χ2n) is 8.02. The Hall–Kier alpha value is -1.92. The Morgan fingerprint density at radius 2 is 2.15 bits per heavy atom. The molecule has 7 heteroatoms. The number of hydrogen-bond donors (Lipinski definition) is 1. The Morgan fingerprint density at radius 1 is 1.30 bits per heavy atom. The molecule has 1 saturated carbocycles. The number of benzene rings is 1. The molecule has 144 valence electrons. The van der Waals surface area contributed by atoms with Gasteiger partial charge in [-0.3, -0.25) is 9.48 Å². The van der Waals surface area contributed by atoms with Gasteiger partial charge in [0.05, 0.1) is 18.0 Å². The van der Waals surface area contributed by atoms with E-state index in [1.54, 1.807) is 18.3 Å². The highest BCUT2D eigenvalue weighted by Gasteiger charge is 2.56. The lowest BCUT2D eigenvalue weighted by Crippen LogP contribution is -2.41. The maximum atomic E-state index is 13.9. The average molecular weight is 391 g/mol. The summed E-state index contributed by atoms with van der Waals surface area (Å²) in [6.07, 6.45) is 5.49. The number of carbonyl (C=O) groups is 1. The zero-order valence-electron chi connectivity index (χ0n) is 15.1. The molecule has 5 nitrogen and oxygen atoms in total. The fourth-order valence-electron chi connectivity index (χ4n) is 4.85. The van der Waals surface area contributed by atoms with Crippen LogP contribution < -0.4 is 5.32 Å². The van der Waals surface area contributed by atoms with Crippen LogP contribution in [0.1, 0.15) is 24.4 Å². The second kappa shape index (κ2) is 6.91. The van der Waals surface area contributed by atoms with Crippen LogP contribution in [0.3, 0.4) is 0 Å². The first-order valence-electron chi connectivity index (χ1n) is 9.41. The SMILES string of the molecule is Cl.O=C(N1C[C@@H]2CNC[C@@H]2[C@H]1c1cccc(F)c1)C1(Cn2cccn2)CC1. The van der Waals surface area contributed by atoms with Crippen molar-refractivity contribution in [2.75, 3.05) is 19.6 Å². The molecule has 1 aliphatic carbocycles. The molecule has 1 aromatic heterocycles. The Bertz CT molecular complexity index is 823. The van der Waals surface area contributed by atoms with Crippen LogP contribution in [-0.4, -0.2) is 40.2 Å². The van der Waals surface area contributed by atoms with E-state index in [4.69, 9.17) is 0 Å². The van der Waals surface area contributed by atoms with Gasteiger partial charge in [-0.2, -0.15) is 5.10 Å². The topological polar surface area (TPSA) is 50.2 Å². The molecule has 0 bridgehead atoms. The molecule has 5 rings (SSSR count). The highest BCUT2D eigenvalue weighted by atomic mass is 35.5. The molecule has 3 heterocycles. The molecule has 1 aromatic carbocycles. The molecule has 1 N–H and O–H groups in total. The maximum absolute atomic E-state index is 13.9. The van der Waals surface area contributed by atoms with Crippen LogP contribution in [0, 0.1) is 23.1 Å². The smallest absolute Gasteiger partial charge is 0.231 e. The van der Waals surface area contributed by atoms with Crippen LogP contribution in [0.25, 0.3) is 0 Å². The van der Waals surface area contributed by atoms with Crippen molar-refractivity contribution in [3.8, 4) is 0 Å². The van der Waals surface area contributed by atoms with Crippen molar-refractivity contribution in [1.29, 1.82) is 0 Å². The molecule has 3 aliphatic rings. The molecule has 0 unspecified atom stereocenters. The third-order valence-electron chi connectivity index (χ3n) is 6.35. The third kappa shape index (κ3) is 3.15. The van der Waals surface area contributed by atoms with Crippen molar-refractivity contribution in [2.24, 2.45) is 17.3 Å². The van der Waals surface area contributed by atoms with Gasteiger partial charge in [-0.1, -0.05) is 12.1 Å². The summed E-state index contributed by atoms with van der Waals surface area (Å²) in [5.41, 5.74) is 0.591. The number of carbonyl (C=O) groups excluding carboxylic acids is 1.